The summed E-state index contributed by atoms with van der Waals surface area (Å²) in [6, 6.07) is 23.7. The van der Waals surface area contributed by atoms with E-state index < -0.39 is 57.7 Å². The van der Waals surface area contributed by atoms with Gasteiger partial charge in [0.05, 0.1) is 0 Å². The maximum atomic E-state index is 14.7. The second kappa shape index (κ2) is 14.2. The van der Waals surface area contributed by atoms with Gasteiger partial charge in [0.15, 0.2) is 0 Å². The zero-order chi connectivity index (χ0) is 40.2. The van der Waals surface area contributed by atoms with Crippen LogP contribution in [0.2, 0.25) is 0 Å². The van der Waals surface area contributed by atoms with Gasteiger partial charge in [-0.05, 0) is 73.0 Å². The average molecular weight is 765 g/mol. The SMILES string of the molecule is CC1(CC(N)=O)c2ccc(cc2)[C@]1(C(=O)NC(=O)O)N1CCCC1CC(c1ccccc1)C1CCCN1[C@@]1(C(=O)NC(=O)O)c2ccc(cc2)C1(C)CC(N)=O. The van der Waals surface area contributed by atoms with E-state index in [1.807, 2.05) is 66.7 Å². The minimum atomic E-state index is -1.63. The van der Waals surface area contributed by atoms with Crippen LogP contribution in [0.1, 0.15) is 92.5 Å². The van der Waals surface area contributed by atoms with Gasteiger partial charge in [-0.2, -0.15) is 0 Å². The smallest absolute Gasteiger partial charge is 0.411 e. The molecule has 2 fully saturated rings. The van der Waals surface area contributed by atoms with Gasteiger partial charge < -0.3 is 21.7 Å². The van der Waals surface area contributed by atoms with Gasteiger partial charge >= 0.3 is 12.2 Å². The minimum Gasteiger partial charge on any atom is -0.465 e. The number of imide groups is 2. The lowest BCUT2D eigenvalue weighted by molar-refractivity contribution is -0.146. The second-order valence-corrected chi connectivity index (χ2v) is 16.2. The van der Waals surface area contributed by atoms with Crippen molar-refractivity contribution in [3.05, 3.63) is 107 Å². The topological polar surface area (TPSA) is 225 Å². The summed E-state index contributed by atoms with van der Waals surface area (Å²) in [5.74, 6) is -3.11. The largest absolute Gasteiger partial charge is 0.465 e. The molecule has 14 nitrogen and oxygen atoms in total. The summed E-state index contributed by atoms with van der Waals surface area (Å²) in [6.07, 6.45) is -0.394. The first kappa shape index (κ1) is 38.7. The Balaban J connectivity index is 1.38. The Morgan fingerprint density at radius 2 is 1.09 bits per heavy atom. The van der Waals surface area contributed by atoms with Crippen molar-refractivity contribution in [3.8, 4) is 0 Å². The standard InChI is InChI=1S/C42H48N6O8/c1-39(23-33(43)49)26-12-16-28(17-13-26)41(39,35(51)45-37(53)54)47-20-6-10-30(47)22-31(25-8-4-3-5-9-25)32-11-7-21-48(32)42(36(52)46-38(55)56)29-18-14-27(15-19-29)40(42,2)24-34(44)50/h3-5,8-9,12-19,30-32H,6-7,10-11,20-24H2,1-2H3,(H2,43,49)(H2,44,50)(H,45,51)(H,46,52)(H,53,54)(H,55,56)/t30?,31?,32?,39?,40?,41-,42-/m1/s1. The van der Waals surface area contributed by atoms with Crippen LogP contribution in [0, 0.1) is 0 Å². The Labute approximate surface area is 324 Å². The number of likely N-dealkylation sites (tertiary alicyclic amines) is 2. The summed E-state index contributed by atoms with van der Waals surface area (Å²) in [4.78, 5) is 83.5. The van der Waals surface area contributed by atoms with Gasteiger partial charge in [-0.1, -0.05) is 92.7 Å². The van der Waals surface area contributed by atoms with Crippen molar-refractivity contribution in [2.75, 3.05) is 13.1 Å². The van der Waals surface area contributed by atoms with Crippen molar-refractivity contribution in [1.29, 1.82) is 0 Å². The molecule has 294 valence electrons. The highest BCUT2D eigenvalue weighted by molar-refractivity contribution is 6.01. The summed E-state index contributed by atoms with van der Waals surface area (Å²) in [6.45, 7) is 4.43. The fraction of sp³-hybridized carbons (Fsp3) is 0.429. The van der Waals surface area contributed by atoms with E-state index in [1.165, 1.54) is 0 Å². The van der Waals surface area contributed by atoms with E-state index in [1.54, 1.807) is 26.0 Å². The first-order valence-corrected chi connectivity index (χ1v) is 19.1. The molecule has 6 amide bonds. The van der Waals surface area contributed by atoms with Crippen molar-refractivity contribution in [2.45, 2.75) is 98.7 Å². The van der Waals surface area contributed by atoms with Gasteiger partial charge in [0.1, 0.15) is 11.1 Å². The summed E-state index contributed by atoms with van der Waals surface area (Å²) < 4.78 is 0. The number of carboxylic acid groups (broad SMARTS) is 2. The van der Waals surface area contributed by atoms with Crippen molar-refractivity contribution in [1.82, 2.24) is 20.4 Å². The van der Waals surface area contributed by atoms with Crippen molar-refractivity contribution < 1.29 is 39.0 Å². The molecule has 6 aliphatic rings. The Kier molecular flexibility index (Phi) is 9.78. The second-order valence-electron chi connectivity index (χ2n) is 16.2. The molecule has 56 heavy (non-hydrogen) atoms. The highest BCUT2D eigenvalue weighted by Crippen LogP contribution is 2.58. The number of nitrogens with zero attached hydrogens (tertiary/aromatic N) is 2. The molecule has 0 radical (unpaired) electrons. The van der Waals surface area contributed by atoms with Gasteiger partial charge in [0, 0.05) is 41.7 Å². The van der Waals surface area contributed by atoms with Crippen molar-refractivity contribution in [3.63, 3.8) is 0 Å². The maximum Gasteiger partial charge on any atom is 0.411 e. The molecular formula is C42H48N6O8. The molecule has 9 rings (SSSR count). The predicted octanol–water partition coefficient (Wildman–Crippen LogP) is 3.76. The fourth-order valence-electron chi connectivity index (χ4n) is 11.4. The lowest BCUT2D eigenvalue weighted by Crippen LogP contribution is -2.70. The average Bonchev–Trinajstić information content (AvgIpc) is 3.81. The number of hydrogen-bond donors (Lipinski definition) is 6. The van der Waals surface area contributed by atoms with Crippen molar-refractivity contribution in [2.24, 2.45) is 11.5 Å². The first-order valence-electron chi connectivity index (χ1n) is 19.1. The number of benzene rings is 3. The molecule has 5 unspecified atom stereocenters. The van der Waals surface area contributed by atoms with E-state index in [0.717, 1.165) is 5.56 Å². The predicted molar refractivity (Wildman–Crippen MR) is 204 cm³/mol. The van der Waals surface area contributed by atoms with E-state index in [4.69, 9.17) is 11.5 Å². The molecule has 0 saturated carbocycles. The van der Waals surface area contributed by atoms with Crippen LogP contribution in [0.5, 0.6) is 0 Å². The summed E-state index contributed by atoms with van der Waals surface area (Å²) >= 11 is 0. The van der Waals surface area contributed by atoms with Gasteiger partial charge in [-0.3, -0.25) is 39.6 Å². The van der Waals surface area contributed by atoms with Crippen LogP contribution >= 0.6 is 0 Å². The van der Waals surface area contributed by atoms with Crippen LogP contribution in [0.15, 0.2) is 78.9 Å². The quantitative estimate of drug-likeness (QED) is 0.157. The molecule has 14 heteroatoms. The molecule has 7 atom stereocenters. The molecule has 4 bridgehead atoms. The van der Waals surface area contributed by atoms with Crippen LogP contribution in [0.4, 0.5) is 9.59 Å². The molecular weight excluding hydrogens is 716 g/mol. The number of rotatable bonds is 12. The molecule has 4 aliphatic carbocycles. The number of nitrogens with one attached hydrogen (secondary N) is 2. The molecule has 0 aromatic heterocycles. The Morgan fingerprint density at radius 3 is 1.55 bits per heavy atom. The third-order valence-corrected chi connectivity index (χ3v) is 13.4. The van der Waals surface area contributed by atoms with Gasteiger partial charge in [0.2, 0.25) is 11.8 Å². The van der Waals surface area contributed by atoms with Crippen LogP contribution in [-0.4, -0.2) is 81.0 Å². The van der Waals surface area contributed by atoms with Crippen LogP contribution < -0.4 is 22.1 Å². The van der Waals surface area contributed by atoms with E-state index in [0.29, 0.717) is 67.4 Å². The van der Waals surface area contributed by atoms with E-state index in [-0.39, 0.29) is 30.8 Å². The number of carbonyl (C=O) groups is 6. The zero-order valence-electron chi connectivity index (χ0n) is 31.5. The summed E-state index contributed by atoms with van der Waals surface area (Å²) in [5.41, 5.74) is 9.51. The normalized spacial score (nSPS) is 29.8. The molecule has 3 aromatic carbocycles. The van der Waals surface area contributed by atoms with Crippen LogP contribution in [0.25, 0.3) is 0 Å². The Bertz CT molecular complexity index is 2080. The third kappa shape index (κ3) is 5.68. The number of hydrogen-bond acceptors (Lipinski definition) is 8. The number of primary amides is 2. The fourth-order valence-corrected chi connectivity index (χ4v) is 11.4. The van der Waals surface area contributed by atoms with Crippen LogP contribution in [-0.2, 0) is 41.1 Å². The molecule has 3 aromatic rings. The minimum absolute atomic E-state index is 0.215. The molecule has 2 heterocycles. The number of fused-ring (bicyclic) bond motifs is 6. The highest BCUT2D eigenvalue weighted by Gasteiger charge is 2.66. The van der Waals surface area contributed by atoms with E-state index in [2.05, 4.69) is 20.4 Å². The number of amides is 6. The van der Waals surface area contributed by atoms with E-state index in [9.17, 15) is 39.0 Å². The maximum absolute atomic E-state index is 14.7. The Morgan fingerprint density at radius 1 is 0.661 bits per heavy atom. The highest BCUT2D eigenvalue weighted by atomic mass is 16.4. The molecule has 2 saturated heterocycles. The number of carbonyl (C=O) groups excluding carboxylic acids is 4. The van der Waals surface area contributed by atoms with Crippen molar-refractivity contribution >= 4 is 35.8 Å². The lowest BCUT2D eigenvalue weighted by atomic mass is 9.56. The number of nitrogens with two attached hydrogens (primary N) is 2. The Hall–Kier alpha value is -5.60. The molecule has 8 N–H and O–H groups in total. The first-order chi connectivity index (χ1) is 26.6. The summed E-state index contributed by atoms with van der Waals surface area (Å²) in [7, 11) is 0. The molecule has 2 aliphatic heterocycles. The monoisotopic (exact) mass is 764 g/mol. The van der Waals surface area contributed by atoms with Gasteiger partial charge in [0.25, 0.3) is 11.8 Å². The van der Waals surface area contributed by atoms with Gasteiger partial charge in [-0.25, -0.2) is 9.59 Å². The third-order valence-electron chi connectivity index (χ3n) is 13.4. The molecule has 0 spiro atoms. The van der Waals surface area contributed by atoms with E-state index >= 15 is 0 Å². The van der Waals surface area contributed by atoms with Crippen LogP contribution in [0.3, 0.4) is 0 Å². The van der Waals surface area contributed by atoms with Gasteiger partial charge in [-0.15, -0.1) is 0 Å². The lowest BCUT2D eigenvalue weighted by Gasteiger charge is -2.58. The zero-order valence-corrected chi connectivity index (χ0v) is 31.5. The summed E-state index contributed by atoms with van der Waals surface area (Å²) in [5, 5.41) is 24.2.